The van der Waals surface area contributed by atoms with Crippen molar-refractivity contribution in [3.63, 3.8) is 0 Å². The van der Waals surface area contributed by atoms with Crippen molar-refractivity contribution in [2.45, 2.75) is 0 Å². The molecule has 152 valence electrons. The Labute approximate surface area is 172 Å². The van der Waals surface area contributed by atoms with Crippen molar-refractivity contribution in [2.24, 2.45) is 0 Å². The summed E-state index contributed by atoms with van der Waals surface area (Å²) in [6.45, 7) is 0. The summed E-state index contributed by atoms with van der Waals surface area (Å²) in [5.41, 5.74) is 0.322. The number of halogens is 1. The molecule has 0 aliphatic carbocycles. The van der Waals surface area contributed by atoms with Gasteiger partial charge in [0.25, 0.3) is 0 Å². The van der Waals surface area contributed by atoms with E-state index in [-0.39, 0.29) is 22.5 Å². The standard InChI is InChI=1S/C23H18FNO5/c1-29-22(27)17-10-6-7-13-25(20(17)23(28)30-2)19-12-11-16(24)14-18(19)21(26)15-8-4-3-5-9-15/h3-14H,1-2H3. The Morgan fingerprint density at radius 2 is 1.60 bits per heavy atom. The van der Waals surface area contributed by atoms with Crippen LogP contribution >= 0.6 is 0 Å². The van der Waals surface area contributed by atoms with Gasteiger partial charge >= 0.3 is 11.9 Å². The number of carbonyl (C=O) groups is 3. The molecule has 0 bridgehead atoms. The van der Waals surface area contributed by atoms with Crippen molar-refractivity contribution in [1.82, 2.24) is 0 Å². The number of nitrogens with zero attached hydrogens (tertiary/aromatic N) is 1. The molecule has 30 heavy (non-hydrogen) atoms. The molecule has 2 aromatic carbocycles. The fourth-order valence-electron chi connectivity index (χ4n) is 3.00. The lowest BCUT2D eigenvalue weighted by Gasteiger charge is -2.25. The first-order valence-electron chi connectivity index (χ1n) is 8.92. The van der Waals surface area contributed by atoms with Gasteiger partial charge in [0.05, 0.1) is 25.5 Å². The minimum absolute atomic E-state index is 0.0124. The molecule has 0 atom stereocenters. The molecule has 1 aliphatic heterocycles. The first kappa shape index (κ1) is 20.7. The van der Waals surface area contributed by atoms with E-state index in [0.717, 1.165) is 12.1 Å². The lowest BCUT2D eigenvalue weighted by atomic mass is 10.00. The van der Waals surface area contributed by atoms with Gasteiger partial charge in [-0.1, -0.05) is 36.4 Å². The number of hydrogen-bond donors (Lipinski definition) is 0. The second-order valence-corrected chi connectivity index (χ2v) is 6.17. The molecule has 0 radical (unpaired) electrons. The third-order valence-corrected chi connectivity index (χ3v) is 4.39. The van der Waals surface area contributed by atoms with Gasteiger partial charge in [-0.25, -0.2) is 14.0 Å². The van der Waals surface area contributed by atoms with Gasteiger partial charge in [0.1, 0.15) is 11.5 Å². The van der Waals surface area contributed by atoms with Crippen LogP contribution in [0.5, 0.6) is 0 Å². The number of ketones is 1. The Kier molecular flexibility index (Phi) is 6.22. The number of hydrogen-bond acceptors (Lipinski definition) is 6. The van der Waals surface area contributed by atoms with E-state index in [2.05, 4.69) is 0 Å². The molecule has 0 aromatic heterocycles. The zero-order valence-corrected chi connectivity index (χ0v) is 16.3. The topological polar surface area (TPSA) is 72.9 Å². The molecule has 0 fully saturated rings. The molecule has 7 heteroatoms. The molecule has 0 saturated heterocycles. The highest BCUT2D eigenvalue weighted by Gasteiger charge is 2.30. The fraction of sp³-hybridized carbons (Fsp3) is 0.0870. The van der Waals surface area contributed by atoms with Crippen LogP contribution in [0.2, 0.25) is 0 Å². The predicted molar refractivity (Wildman–Crippen MR) is 108 cm³/mol. The van der Waals surface area contributed by atoms with E-state index in [9.17, 15) is 18.8 Å². The van der Waals surface area contributed by atoms with Crippen LogP contribution in [0.1, 0.15) is 15.9 Å². The Bertz CT molecular complexity index is 1090. The summed E-state index contributed by atoms with van der Waals surface area (Å²) in [6.07, 6.45) is 5.99. The molecule has 2 aromatic rings. The fourth-order valence-corrected chi connectivity index (χ4v) is 3.00. The summed E-state index contributed by atoms with van der Waals surface area (Å²) in [5.74, 6) is -2.65. The summed E-state index contributed by atoms with van der Waals surface area (Å²) in [6, 6.07) is 12.0. The zero-order valence-electron chi connectivity index (χ0n) is 16.3. The summed E-state index contributed by atoms with van der Waals surface area (Å²) < 4.78 is 23.7. The van der Waals surface area contributed by atoms with Crippen molar-refractivity contribution >= 4 is 23.4 Å². The van der Waals surface area contributed by atoms with E-state index in [4.69, 9.17) is 9.47 Å². The van der Waals surface area contributed by atoms with Crippen LogP contribution in [0.25, 0.3) is 0 Å². The minimum Gasteiger partial charge on any atom is -0.465 e. The Hall–Kier alpha value is -4.00. The summed E-state index contributed by atoms with van der Waals surface area (Å²) >= 11 is 0. The number of rotatable bonds is 5. The van der Waals surface area contributed by atoms with Gasteiger partial charge in [-0.3, -0.25) is 4.79 Å². The van der Waals surface area contributed by atoms with Crippen LogP contribution in [0.3, 0.4) is 0 Å². The van der Waals surface area contributed by atoms with Crippen LogP contribution in [-0.2, 0) is 19.1 Å². The maximum atomic E-state index is 14.1. The number of methoxy groups -OCH3 is 2. The van der Waals surface area contributed by atoms with Crippen LogP contribution in [-0.4, -0.2) is 31.9 Å². The van der Waals surface area contributed by atoms with Crippen molar-refractivity contribution < 1.29 is 28.2 Å². The summed E-state index contributed by atoms with van der Waals surface area (Å²) in [5, 5.41) is 0. The average Bonchev–Trinajstić information content (AvgIpc) is 3.01. The van der Waals surface area contributed by atoms with Crippen LogP contribution in [0.4, 0.5) is 10.1 Å². The molecule has 0 unspecified atom stereocenters. The normalized spacial score (nSPS) is 13.1. The predicted octanol–water partition coefficient (Wildman–Crippen LogP) is 3.55. The molecule has 1 aliphatic rings. The number of ether oxygens (including phenoxy) is 2. The highest BCUT2D eigenvalue weighted by molar-refractivity contribution is 6.14. The van der Waals surface area contributed by atoms with E-state index in [0.29, 0.717) is 5.56 Å². The molecular formula is C23H18FNO5. The van der Waals surface area contributed by atoms with Gasteiger partial charge < -0.3 is 14.4 Å². The molecule has 0 N–H and O–H groups in total. The van der Waals surface area contributed by atoms with Crippen molar-refractivity contribution in [1.29, 1.82) is 0 Å². The monoisotopic (exact) mass is 407 g/mol. The van der Waals surface area contributed by atoms with Gasteiger partial charge in [0.15, 0.2) is 5.78 Å². The lowest BCUT2D eigenvalue weighted by molar-refractivity contribution is -0.139. The van der Waals surface area contributed by atoms with E-state index in [1.54, 1.807) is 36.4 Å². The third kappa shape index (κ3) is 4.05. The molecule has 3 rings (SSSR count). The Balaban J connectivity index is 2.24. The molecule has 6 nitrogen and oxygen atoms in total. The minimum atomic E-state index is -0.825. The highest BCUT2D eigenvalue weighted by Crippen LogP contribution is 2.31. The first-order chi connectivity index (χ1) is 14.5. The molecule has 0 saturated carbocycles. The van der Waals surface area contributed by atoms with E-state index < -0.39 is 23.5 Å². The van der Waals surface area contributed by atoms with Crippen molar-refractivity contribution in [3.8, 4) is 0 Å². The number of carbonyl (C=O) groups excluding carboxylic acids is 3. The van der Waals surface area contributed by atoms with Gasteiger partial charge in [-0.2, -0.15) is 0 Å². The number of esters is 2. The first-order valence-corrected chi connectivity index (χ1v) is 8.92. The second-order valence-electron chi connectivity index (χ2n) is 6.17. The van der Waals surface area contributed by atoms with Gasteiger partial charge in [-0.05, 0) is 30.4 Å². The van der Waals surface area contributed by atoms with Crippen LogP contribution in [0.15, 0.2) is 84.2 Å². The molecule has 0 spiro atoms. The van der Waals surface area contributed by atoms with Gasteiger partial charge in [0, 0.05) is 17.3 Å². The highest BCUT2D eigenvalue weighted by atomic mass is 19.1. The molecular weight excluding hydrogens is 389 g/mol. The maximum absolute atomic E-state index is 14.1. The van der Waals surface area contributed by atoms with Crippen LogP contribution in [0, 0.1) is 5.82 Å². The maximum Gasteiger partial charge on any atom is 0.355 e. The summed E-state index contributed by atoms with van der Waals surface area (Å²) in [7, 11) is 2.35. The zero-order chi connectivity index (χ0) is 21.7. The number of anilines is 1. The van der Waals surface area contributed by atoms with Gasteiger partial charge in [-0.15, -0.1) is 0 Å². The van der Waals surface area contributed by atoms with Crippen molar-refractivity contribution in [2.75, 3.05) is 19.1 Å². The van der Waals surface area contributed by atoms with Crippen molar-refractivity contribution in [3.05, 3.63) is 101 Å². The van der Waals surface area contributed by atoms with Gasteiger partial charge in [0.2, 0.25) is 0 Å². The van der Waals surface area contributed by atoms with E-state index >= 15 is 0 Å². The van der Waals surface area contributed by atoms with Crippen LogP contribution < -0.4 is 4.90 Å². The Morgan fingerprint density at radius 3 is 2.27 bits per heavy atom. The van der Waals surface area contributed by atoms with E-state index in [1.165, 1.54) is 43.5 Å². The number of allylic oxidation sites excluding steroid dienone is 2. The Morgan fingerprint density at radius 1 is 0.900 bits per heavy atom. The average molecular weight is 407 g/mol. The molecule has 1 heterocycles. The number of benzene rings is 2. The largest absolute Gasteiger partial charge is 0.465 e. The quantitative estimate of drug-likeness (QED) is 0.558. The lowest BCUT2D eigenvalue weighted by Crippen LogP contribution is -2.28. The molecule has 0 amide bonds. The van der Waals surface area contributed by atoms with E-state index in [1.807, 2.05) is 0 Å². The smallest absolute Gasteiger partial charge is 0.355 e. The SMILES string of the molecule is COC(=O)C1=C(C(=O)OC)N(c2ccc(F)cc2C(=O)c2ccccc2)C=CC=C1. The second kappa shape index (κ2) is 9.00. The third-order valence-electron chi connectivity index (χ3n) is 4.39. The summed E-state index contributed by atoms with van der Waals surface area (Å²) in [4.78, 5) is 39.3.